The maximum atomic E-state index is 12.0. The van der Waals surface area contributed by atoms with Crippen molar-refractivity contribution < 1.29 is 14.7 Å². The van der Waals surface area contributed by atoms with E-state index in [1.165, 1.54) is 0 Å². The summed E-state index contributed by atoms with van der Waals surface area (Å²) in [5.41, 5.74) is 0.452. The van der Waals surface area contributed by atoms with E-state index in [0.29, 0.717) is 0 Å². The normalized spacial score (nSPS) is 12.6. The van der Waals surface area contributed by atoms with Crippen LogP contribution >= 0.6 is 0 Å². The molecule has 110 valence electrons. The van der Waals surface area contributed by atoms with Crippen LogP contribution < -0.4 is 10.6 Å². The zero-order valence-electron chi connectivity index (χ0n) is 12.1. The molecule has 0 bridgehead atoms. The van der Waals surface area contributed by atoms with Gasteiger partial charge in [-0.25, -0.2) is 4.79 Å². The molecule has 1 aromatic carbocycles. The average Bonchev–Trinajstić information content (AvgIpc) is 2.38. The van der Waals surface area contributed by atoms with E-state index < -0.39 is 12.0 Å². The molecule has 0 spiro atoms. The van der Waals surface area contributed by atoms with Crippen LogP contribution in [0.1, 0.15) is 45.2 Å². The Morgan fingerprint density at radius 3 is 2.35 bits per heavy atom. The first-order chi connectivity index (χ1) is 9.34. The number of urea groups is 1. The van der Waals surface area contributed by atoms with E-state index in [0.717, 1.165) is 12.0 Å². The summed E-state index contributed by atoms with van der Waals surface area (Å²) < 4.78 is 0. The standard InChI is InChI=1S/C15H22N2O3/c1-4-15(2,3)17-14(20)16-12(10-13(18)19)11-8-6-5-7-9-11/h5-9,12H,4,10H2,1-3H3,(H,18,19)(H2,16,17,20). The average molecular weight is 278 g/mol. The second-order valence-corrected chi connectivity index (χ2v) is 5.40. The summed E-state index contributed by atoms with van der Waals surface area (Å²) in [6.45, 7) is 5.81. The number of rotatable bonds is 6. The topological polar surface area (TPSA) is 78.4 Å². The van der Waals surface area contributed by atoms with Crippen LogP contribution in [0.2, 0.25) is 0 Å². The number of carbonyl (C=O) groups is 2. The molecule has 0 aromatic heterocycles. The molecule has 1 atom stereocenters. The smallest absolute Gasteiger partial charge is 0.315 e. The van der Waals surface area contributed by atoms with E-state index >= 15 is 0 Å². The first-order valence-electron chi connectivity index (χ1n) is 6.69. The Bertz CT molecular complexity index is 457. The monoisotopic (exact) mass is 278 g/mol. The van der Waals surface area contributed by atoms with Crippen molar-refractivity contribution >= 4 is 12.0 Å². The highest BCUT2D eigenvalue weighted by Crippen LogP contribution is 2.17. The summed E-state index contributed by atoms with van der Waals surface area (Å²) in [4.78, 5) is 22.9. The minimum atomic E-state index is -0.950. The lowest BCUT2D eigenvalue weighted by Crippen LogP contribution is -2.49. The highest BCUT2D eigenvalue weighted by atomic mass is 16.4. The number of hydrogen-bond acceptors (Lipinski definition) is 2. The maximum Gasteiger partial charge on any atom is 0.315 e. The van der Waals surface area contributed by atoms with Gasteiger partial charge in [0.05, 0.1) is 12.5 Å². The molecule has 0 saturated carbocycles. The summed E-state index contributed by atoms with van der Waals surface area (Å²) in [6.07, 6.45) is 0.638. The minimum absolute atomic E-state index is 0.149. The molecule has 3 N–H and O–H groups in total. The van der Waals surface area contributed by atoms with Gasteiger partial charge < -0.3 is 15.7 Å². The minimum Gasteiger partial charge on any atom is -0.481 e. The van der Waals surface area contributed by atoms with Crippen LogP contribution in [0.15, 0.2) is 30.3 Å². The van der Waals surface area contributed by atoms with Crippen LogP contribution in [0.25, 0.3) is 0 Å². The van der Waals surface area contributed by atoms with Crippen molar-refractivity contribution in [1.82, 2.24) is 10.6 Å². The number of aliphatic carboxylic acids is 1. The lowest BCUT2D eigenvalue weighted by Gasteiger charge is -2.26. The fraction of sp³-hybridized carbons (Fsp3) is 0.467. The summed E-state index contributed by atoms with van der Waals surface area (Å²) >= 11 is 0. The Labute approximate surface area is 119 Å². The van der Waals surface area contributed by atoms with E-state index in [4.69, 9.17) is 5.11 Å². The molecule has 20 heavy (non-hydrogen) atoms. The lowest BCUT2D eigenvalue weighted by molar-refractivity contribution is -0.137. The van der Waals surface area contributed by atoms with Gasteiger partial charge in [0.2, 0.25) is 0 Å². The Morgan fingerprint density at radius 1 is 1.25 bits per heavy atom. The van der Waals surface area contributed by atoms with Gasteiger partial charge in [-0.2, -0.15) is 0 Å². The van der Waals surface area contributed by atoms with Crippen LogP contribution in [0.4, 0.5) is 4.79 Å². The Kier molecular flexibility index (Phi) is 5.55. The third-order valence-electron chi connectivity index (χ3n) is 3.22. The molecule has 0 fully saturated rings. The fourth-order valence-corrected chi connectivity index (χ4v) is 1.70. The number of carboxylic acids is 1. The molecule has 5 nitrogen and oxygen atoms in total. The predicted octanol–water partition coefficient (Wildman–Crippen LogP) is 2.69. The molecule has 1 rings (SSSR count). The first kappa shape index (κ1) is 16.0. The molecule has 1 aromatic rings. The molecule has 0 radical (unpaired) electrons. The summed E-state index contributed by atoms with van der Waals surface area (Å²) in [5, 5.41) is 14.5. The highest BCUT2D eigenvalue weighted by molar-refractivity contribution is 5.76. The molecular formula is C15H22N2O3. The number of carboxylic acid groups (broad SMARTS) is 1. The molecular weight excluding hydrogens is 256 g/mol. The van der Waals surface area contributed by atoms with Crippen molar-refractivity contribution in [1.29, 1.82) is 0 Å². The second-order valence-electron chi connectivity index (χ2n) is 5.40. The Hall–Kier alpha value is -2.04. The fourth-order valence-electron chi connectivity index (χ4n) is 1.70. The van der Waals surface area contributed by atoms with Gasteiger partial charge in [-0.15, -0.1) is 0 Å². The number of nitrogens with one attached hydrogen (secondary N) is 2. The van der Waals surface area contributed by atoms with Crippen LogP contribution in [0.3, 0.4) is 0 Å². The zero-order chi connectivity index (χ0) is 15.2. The molecule has 2 amide bonds. The second kappa shape index (κ2) is 6.93. The highest BCUT2D eigenvalue weighted by Gasteiger charge is 2.22. The van der Waals surface area contributed by atoms with Crippen molar-refractivity contribution in [2.75, 3.05) is 0 Å². The molecule has 0 saturated heterocycles. The molecule has 0 heterocycles. The first-order valence-corrected chi connectivity index (χ1v) is 6.69. The van der Waals surface area contributed by atoms with Gasteiger partial charge in [-0.05, 0) is 25.8 Å². The summed E-state index contributed by atoms with van der Waals surface area (Å²) in [5.74, 6) is -0.950. The molecule has 1 unspecified atom stereocenters. The van der Waals surface area contributed by atoms with Crippen molar-refractivity contribution in [3.8, 4) is 0 Å². The van der Waals surface area contributed by atoms with E-state index in [1.807, 2.05) is 39.0 Å². The number of carbonyl (C=O) groups excluding carboxylic acids is 1. The van der Waals surface area contributed by atoms with Gasteiger partial charge in [-0.3, -0.25) is 4.79 Å². The molecule has 0 aliphatic rings. The van der Waals surface area contributed by atoms with Crippen molar-refractivity contribution in [3.05, 3.63) is 35.9 Å². The summed E-state index contributed by atoms with van der Waals surface area (Å²) in [6, 6.07) is 8.20. The third-order valence-corrected chi connectivity index (χ3v) is 3.22. The van der Waals surface area contributed by atoms with Crippen LogP contribution in [0.5, 0.6) is 0 Å². The largest absolute Gasteiger partial charge is 0.481 e. The number of benzene rings is 1. The molecule has 0 aliphatic carbocycles. The molecule has 5 heteroatoms. The van der Waals surface area contributed by atoms with Gasteiger partial charge >= 0.3 is 12.0 Å². The van der Waals surface area contributed by atoms with E-state index in [-0.39, 0.29) is 18.0 Å². The van der Waals surface area contributed by atoms with Crippen molar-refractivity contribution in [2.45, 2.75) is 45.2 Å². The lowest BCUT2D eigenvalue weighted by atomic mass is 10.0. The Morgan fingerprint density at radius 2 is 1.85 bits per heavy atom. The van der Waals surface area contributed by atoms with Crippen LogP contribution in [-0.2, 0) is 4.79 Å². The third kappa shape index (κ3) is 5.30. The van der Waals surface area contributed by atoms with Gasteiger partial charge in [0, 0.05) is 5.54 Å². The zero-order valence-corrected chi connectivity index (χ0v) is 12.1. The number of amides is 2. The van der Waals surface area contributed by atoms with E-state index in [9.17, 15) is 9.59 Å². The van der Waals surface area contributed by atoms with Gasteiger partial charge in [0.1, 0.15) is 0 Å². The van der Waals surface area contributed by atoms with Gasteiger partial charge in [0.15, 0.2) is 0 Å². The van der Waals surface area contributed by atoms with Crippen LogP contribution in [0, 0.1) is 0 Å². The van der Waals surface area contributed by atoms with Crippen LogP contribution in [-0.4, -0.2) is 22.6 Å². The predicted molar refractivity (Wildman–Crippen MR) is 77.5 cm³/mol. The maximum absolute atomic E-state index is 12.0. The summed E-state index contributed by atoms with van der Waals surface area (Å²) in [7, 11) is 0. The Balaban J connectivity index is 2.76. The van der Waals surface area contributed by atoms with E-state index in [2.05, 4.69) is 10.6 Å². The van der Waals surface area contributed by atoms with Gasteiger partial charge in [-0.1, -0.05) is 37.3 Å². The van der Waals surface area contributed by atoms with E-state index in [1.54, 1.807) is 12.1 Å². The number of hydrogen-bond donors (Lipinski definition) is 3. The van der Waals surface area contributed by atoms with Crippen molar-refractivity contribution in [2.24, 2.45) is 0 Å². The SMILES string of the molecule is CCC(C)(C)NC(=O)NC(CC(=O)O)c1ccccc1. The quantitative estimate of drug-likeness (QED) is 0.748. The molecule has 0 aliphatic heterocycles. The van der Waals surface area contributed by atoms with Gasteiger partial charge in [0.25, 0.3) is 0 Å². The van der Waals surface area contributed by atoms with Crippen molar-refractivity contribution in [3.63, 3.8) is 0 Å².